The Balaban J connectivity index is 1.81. The van der Waals surface area contributed by atoms with E-state index in [0.29, 0.717) is 47.1 Å². The molecule has 3 rings (SSSR count). The maximum absolute atomic E-state index is 12.5. The Morgan fingerprint density at radius 3 is 2.32 bits per heavy atom. The number of aliphatic hydroxyl groups excluding tert-OH is 2. The van der Waals surface area contributed by atoms with Gasteiger partial charge in [-0.2, -0.15) is 0 Å². The number of carbonyl (C=O) groups excluding carboxylic acids is 2. The van der Waals surface area contributed by atoms with Gasteiger partial charge < -0.3 is 25.7 Å². The predicted octanol–water partition coefficient (Wildman–Crippen LogP) is 2.78. The molecule has 0 unspecified atom stereocenters. The standard InChI is InChI=1S/C21H27ClN4O4S/c22-14-3-5-15(6-4-14)24-21(30)25-20-18(19(23)29)16-7-10-26(8-1-11-27,9-2-12-28)13-17(16)31-20/h3-6,27-28H,1-2,7-13H2,(H3-,23,24,25,29,30)/p+1. The van der Waals surface area contributed by atoms with Gasteiger partial charge in [0.05, 0.1) is 30.1 Å². The molecule has 31 heavy (non-hydrogen) atoms. The molecule has 0 fully saturated rings. The smallest absolute Gasteiger partial charge is 0.324 e. The zero-order valence-electron chi connectivity index (χ0n) is 17.2. The van der Waals surface area contributed by atoms with E-state index < -0.39 is 11.9 Å². The van der Waals surface area contributed by atoms with Crippen molar-refractivity contribution in [2.24, 2.45) is 5.73 Å². The first-order chi connectivity index (χ1) is 14.9. The minimum absolute atomic E-state index is 0.112. The highest BCUT2D eigenvalue weighted by Gasteiger charge is 2.36. The number of carbonyl (C=O) groups is 2. The number of urea groups is 1. The fraction of sp³-hybridized carbons (Fsp3) is 0.429. The molecule has 1 aromatic carbocycles. The van der Waals surface area contributed by atoms with Gasteiger partial charge in [0.1, 0.15) is 11.5 Å². The van der Waals surface area contributed by atoms with Crippen molar-refractivity contribution in [3.63, 3.8) is 0 Å². The number of benzene rings is 1. The molecule has 1 aliphatic heterocycles. The van der Waals surface area contributed by atoms with Gasteiger partial charge in [-0.15, -0.1) is 11.3 Å². The Hall–Kier alpha value is -2.17. The molecule has 10 heteroatoms. The summed E-state index contributed by atoms with van der Waals surface area (Å²) >= 11 is 7.24. The molecule has 0 aliphatic carbocycles. The van der Waals surface area contributed by atoms with Gasteiger partial charge in [0.15, 0.2) is 0 Å². The first-order valence-corrected chi connectivity index (χ1v) is 11.4. The number of amides is 3. The number of hydrogen-bond donors (Lipinski definition) is 5. The number of aliphatic hydroxyl groups is 2. The number of nitrogens with one attached hydrogen (secondary N) is 2. The Morgan fingerprint density at radius 1 is 1.10 bits per heavy atom. The van der Waals surface area contributed by atoms with Crippen LogP contribution in [0.4, 0.5) is 15.5 Å². The second-order valence-corrected chi connectivity index (χ2v) is 9.27. The van der Waals surface area contributed by atoms with Gasteiger partial charge in [-0.3, -0.25) is 10.1 Å². The minimum atomic E-state index is -0.565. The average Bonchev–Trinajstić information content (AvgIpc) is 3.09. The van der Waals surface area contributed by atoms with Gasteiger partial charge in [-0.25, -0.2) is 4.79 Å². The van der Waals surface area contributed by atoms with Crippen LogP contribution in [-0.4, -0.2) is 59.5 Å². The fourth-order valence-corrected chi connectivity index (χ4v) is 5.60. The lowest BCUT2D eigenvalue weighted by Crippen LogP contribution is -2.52. The average molecular weight is 468 g/mol. The lowest BCUT2D eigenvalue weighted by Gasteiger charge is -2.41. The van der Waals surface area contributed by atoms with Gasteiger partial charge in [0.2, 0.25) is 0 Å². The summed E-state index contributed by atoms with van der Waals surface area (Å²) < 4.78 is 0.739. The van der Waals surface area contributed by atoms with Crippen LogP contribution in [0.5, 0.6) is 0 Å². The number of primary amides is 1. The van der Waals surface area contributed by atoms with Gasteiger partial charge >= 0.3 is 6.03 Å². The highest BCUT2D eigenvalue weighted by molar-refractivity contribution is 7.17. The highest BCUT2D eigenvalue weighted by atomic mass is 35.5. The monoisotopic (exact) mass is 467 g/mol. The van der Waals surface area contributed by atoms with Crippen molar-refractivity contribution in [2.75, 3.05) is 43.5 Å². The van der Waals surface area contributed by atoms with E-state index in [-0.39, 0.29) is 13.2 Å². The zero-order chi connectivity index (χ0) is 22.4. The molecule has 0 radical (unpaired) electrons. The Kier molecular flexibility index (Phi) is 7.90. The molecule has 2 aromatic rings. The predicted molar refractivity (Wildman–Crippen MR) is 123 cm³/mol. The van der Waals surface area contributed by atoms with Crippen LogP contribution in [0.25, 0.3) is 0 Å². The number of rotatable bonds is 9. The van der Waals surface area contributed by atoms with Crippen molar-refractivity contribution in [1.82, 2.24) is 0 Å². The number of quaternary nitrogens is 1. The number of nitrogens with two attached hydrogens (primary N) is 1. The Bertz CT molecular complexity index is 924. The molecule has 0 atom stereocenters. The second-order valence-electron chi connectivity index (χ2n) is 7.73. The van der Waals surface area contributed by atoms with Crippen molar-refractivity contribution >= 4 is 45.6 Å². The first kappa shape index (κ1) is 23.5. The van der Waals surface area contributed by atoms with Crippen LogP contribution in [0.15, 0.2) is 24.3 Å². The quantitative estimate of drug-likeness (QED) is 0.363. The molecule has 0 spiro atoms. The maximum Gasteiger partial charge on any atom is 0.324 e. The van der Waals surface area contributed by atoms with E-state index in [0.717, 1.165) is 34.6 Å². The summed E-state index contributed by atoms with van der Waals surface area (Å²) in [4.78, 5) is 25.7. The molecule has 0 saturated heterocycles. The van der Waals surface area contributed by atoms with E-state index in [1.54, 1.807) is 24.3 Å². The first-order valence-electron chi connectivity index (χ1n) is 10.2. The lowest BCUT2D eigenvalue weighted by molar-refractivity contribution is -0.942. The van der Waals surface area contributed by atoms with Crippen molar-refractivity contribution in [3.05, 3.63) is 45.3 Å². The van der Waals surface area contributed by atoms with Crippen LogP contribution < -0.4 is 16.4 Å². The zero-order valence-corrected chi connectivity index (χ0v) is 18.8. The third-order valence-electron chi connectivity index (χ3n) is 5.56. The molecular formula is C21H28ClN4O4S+. The Morgan fingerprint density at radius 2 is 1.74 bits per heavy atom. The molecule has 3 amide bonds. The summed E-state index contributed by atoms with van der Waals surface area (Å²) in [7, 11) is 0. The number of halogens is 1. The molecule has 1 aromatic heterocycles. The normalized spacial score (nSPS) is 14.7. The SMILES string of the molecule is NC(=O)c1c(NC(=O)Nc2ccc(Cl)cc2)sc2c1CC[N+](CCCO)(CCCO)C2. The highest BCUT2D eigenvalue weighted by Crippen LogP contribution is 2.39. The molecule has 0 bridgehead atoms. The van der Waals surface area contributed by atoms with Crippen LogP contribution >= 0.6 is 22.9 Å². The van der Waals surface area contributed by atoms with Crippen molar-refractivity contribution in [1.29, 1.82) is 0 Å². The fourth-order valence-electron chi connectivity index (χ4n) is 4.09. The summed E-state index contributed by atoms with van der Waals surface area (Å²) in [5.41, 5.74) is 7.50. The lowest BCUT2D eigenvalue weighted by atomic mass is 9.99. The topological polar surface area (TPSA) is 125 Å². The van der Waals surface area contributed by atoms with Gasteiger partial charge in [-0.05, 0) is 29.8 Å². The summed E-state index contributed by atoms with van der Waals surface area (Å²) in [6, 6.07) is 6.25. The van der Waals surface area contributed by atoms with Gasteiger partial charge in [0.25, 0.3) is 5.91 Å². The van der Waals surface area contributed by atoms with Gasteiger partial charge in [-0.1, -0.05) is 11.6 Å². The van der Waals surface area contributed by atoms with E-state index in [1.165, 1.54) is 11.3 Å². The molecule has 1 aliphatic rings. The molecule has 2 heterocycles. The molecular weight excluding hydrogens is 440 g/mol. The minimum Gasteiger partial charge on any atom is -0.396 e. The van der Waals surface area contributed by atoms with Gasteiger partial charge in [0, 0.05) is 43.2 Å². The van der Waals surface area contributed by atoms with Crippen LogP contribution in [0, 0.1) is 0 Å². The van der Waals surface area contributed by atoms with E-state index >= 15 is 0 Å². The molecule has 168 valence electrons. The van der Waals surface area contributed by atoms with Crippen LogP contribution in [0.3, 0.4) is 0 Å². The van der Waals surface area contributed by atoms with Crippen molar-refractivity contribution < 1.29 is 24.3 Å². The molecule has 6 N–H and O–H groups in total. The summed E-state index contributed by atoms with van der Waals surface area (Å²) in [6.45, 7) is 3.28. The largest absolute Gasteiger partial charge is 0.396 e. The van der Waals surface area contributed by atoms with Crippen molar-refractivity contribution in [3.8, 4) is 0 Å². The number of hydrogen-bond acceptors (Lipinski definition) is 5. The maximum atomic E-state index is 12.5. The number of fused-ring (bicyclic) bond motifs is 1. The van der Waals surface area contributed by atoms with Crippen molar-refractivity contribution in [2.45, 2.75) is 25.8 Å². The number of thiophene rings is 1. The molecule has 8 nitrogen and oxygen atoms in total. The summed E-state index contributed by atoms with van der Waals surface area (Å²) in [5, 5.41) is 25.1. The Labute approximate surface area is 190 Å². The van der Waals surface area contributed by atoms with E-state index in [1.807, 2.05) is 0 Å². The van der Waals surface area contributed by atoms with E-state index in [9.17, 15) is 19.8 Å². The van der Waals surface area contributed by atoms with Crippen LogP contribution in [-0.2, 0) is 13.0 Å². The summed E-state index contributed by atoms with van der Waals surface area (Å²) in [6.07, 6.45) is 1.99. The summed E-state index contributed by atoms with van der Waals surface area (Å²) in [5.74, 6) is -0.565. The van der Waals surface area contributed by atoms with E-state index in [2.05, 4.69) is 10.6 Å². The number of anilines is 2. The van der Waals surface area contributed by atoms with Crippen LogP contribution in [0.2, 0.25) is 5.02 Å². The third-order valence-corrected chi connectivity index (χ3v) is 6.95. The van der Waals surface area contributed by atoms with Crippen LogP contribution in [0.1, 0.15) is 33.6 Å². The third kappa shape index (κ3) is 5.75. The molecule has 0 saturated carbocycles. The second kappa shape index (κ2) is 10.4. The number of nitrogens with zero attached hydrogens (tertiary/aromatic N) is 1. The van der Waals surface area contributed by atoms with E-state index in [4.69, 9.17) is 17.3 Å².